The van der Waals surface area contributed by atoms with Crippen molar-refractivity contribution in [3.63, 3.8) is 0 Å². The third kappa shape index (κ3) is 2.56. The third-order valence-electron chi connectivity index (χ3n) is 4.39. The van der Waals surface area contributed by atoms with Crippen molar-refractivity contribution in [1.29, 1.82) is 0 Å². The quantitative estimate of drug-likeness (QED) is 0.905. The van der Waals surface area contributed by atoms with Crippen LogP contribution in [0.1, 0.15) is 34.4 Å². The topological polar surface area (TPSA) is 73.9 Å². The summed E-state index contributed by atoms with van der Waals surface area (Å²) in [4.78, 5) is 19.0. The lowest BCUT2D eigenvalue weighted by molar-refractivity contribution is -0.131. The zero-order chi connectivity index (χ0) is 15.7. The molecular weight excluding hydrogens is 278 g/mol. The van der Waals surface area contributed by atoms with Crippen molar-refractivity contribution in [2.45, 2.75) is 39.8 Å². The van der Waals surface area contributed by atoms with E-state index in [0.717, 1.165) is 29.1 Å². The molecule has 2 aromatic heterocycles. The number of carbonyl (C=O) groups excluding carboxylic acids is 1. The maximum Gasteiger partial charge on any atom is 0.223 e. The average Bonchev–Trinajstić information content (AvgIpc) is 3.17. The smallest absolute Gasteiger partial charge is 0.223 e. The Bertz CT molecular complexity index is 693. The van der Waals surface area contributed by atoms with Crippen LogP contribution in [0.3, 0.4) is 0 Å². The zero-order valence-electron chi connectivity index (χ0n) is 13.2. The number of carbonyl (C=O) groups is 1. The molecule has 0 saturated carbocycles. The molecule has 1 aliphatic heterocycles. The van der Waals surface area contributed by atoms with E-state index in [1.807, 2.05) is 25.1 Å². The van der Waals surface area contributed by atoms with Gasteiger partial charge < -0.3 is 10.2 Å². The molecule has 0 spiro atoms. The monoisotopic (exact) mass is 299 g/mol. The van der Waals surface area contributed by atoms with E-state index in [4.69, 9.17) is 0 Å². The second-order valence-electron chi connectivity index (χ2n) is 5.73. The van der Waals surface area contributed by atoms with Crippen LogP contribution in [0.15, 0.2) is 12.4 Å². The highest BCUT2D eigenvalue weighted by atomic mass is 16.2. The second-order valence-corrected chi connectivity index (χ2v) is 5.73. The Morgan fingerprint density at radius 3 is 2.82 bits per heavy atom. The van der Waals surface area contributed by atoms with Gasteiger partial charge in [-0.1, -0.05) is 0 Å². The Kier molecular flexibility index (Phi) is 3.83. The number of aromatic nitrogens is 3. The maximum atomic E-state index is 12.5. The molecular formula is C16H21N5O. The molecule has 0 aliphatic carbocycles. The van der Waals surface area contributed by atoms with Gasteiger partial charge in [0.15, 0.2) is 0 Å². The van der Waals surface area contributed by atoms with E-state index in [0.29, 0.717) is 19.5 Å². The molecule has 0 bridgehead atoms. The second kappa shape index (κ2) is 5.79. The highest BCUT2D eigenvalue weighted by molar-refractivity contribution is 5.78. The van der Waals surface area contributed by atoms with E-state index in [9.17, 15) is 4.79 Å². The number of pyridine rings is 1. The molecule has 0 unspecified atom stereocenters. The van der Waals surface area contributed by atoms with Crippen LogP contribution in [-0.2, 0) is 24.3 Å². The zero-order valence-corrected chi connectivity index (χ0v) is 13.2. The number of hydrogen-bond donors (Lipinski definition) is 2. The van der Waals surface area contributed by atoms with E-state index in [2.05, 4.69) is 27.4 Å². The minimum absolute atomic E-state index is 0.177. The predicted octanol–water partition coefficient (Wildman–Crippen LogP) is 1.94. The Balaban J connectivity index is 1.73. The van der Waals surface area contributed by atoms with Crippen LogP contribution in [0.5, 0.6) is 0 Å². The lowest BCUT2D eigenvalue weighted by Gasteiger charge is -2.15. The molecule has 1 aliphatic rings. The molecule has 3 rings (SSSR count). The molecule has 0 atom stereocenters. The first kappa shape index (κ1) is 14.6. The number of nitrogens with zero attached hydrogens (tertiary/aromatic N) is 3. The Hall–Kier alpha value is -2.37. The lowest BCUT2D eigenvalue weighted by Crippen LogP contribution is -2.25. The van der Waals surface area contributed by atoms with Gasteiger partial charge >= 0.3 is 0 Å². The van der Waals surface area contributed by atoms with Gasteiger partial charge in [-0.05, 0) is 37.0 Å². The van der Waals surface area contributed by atoms with Crippen molar-refractivity contribution < 1.29 is 4.79 Å². The number of nitrogens with one attached hydrogen (secondary N) is 2. The fourth-order valence-corrected chi connectivity index (χ4v) is 2.94. The number of aromatic amines is 1. The summed E-state index contributed by atoms with van der Waals surface area (Å²) in [5, 5.41) is 9.83. The van der Waals surface area contributed by atoms with Gasteiger partial charge in [-0.15, -0.1) is 0 Å². The number of rotatable bonds is 4. The molecule has 6 heteroatoms. The van der Waals surface area contributed by atoms with E-state index < -0.39 is 0 Å². The van der Waals surface area contributed by atoms with Gasteiger partial charge in [0, 0.05) is 44.0 Å². The number of aryl methyl sites for hydroxylation is 2. The molecule has 0 fully saturated rings. The van der Waals surface area contributed by atoms with Crippen molar-refractivity contribution in [2.75, 3.05) is 12.4 Å². The Morgan fingerprint density at radius 1 is 1.36 bits per heavy atom. The van der Waals surface area contributed by atoms with Crippen molar-refractivity contribution >= 4 is 11.7 Å². The summed E-state index contributed by atoms with van der Waals surface area (Å²) >= 11 is 0. The fraction of sp³-hybridized carbons (Fsp3) is 0.438. The minimum atomic E-state index is 0.177. The standard InChI is InChI=1S/C16H21N5O/c1-10-11(2)20-16(17-3)14-9-21(8-13(10)14)15(22)5-4-12-6-18-19-7-12/h6-7H,4-5,8-9H2,1-3H3,(H,17,20)(H,18,19). The summed E-state index contributed by atoms with van der Waals surface area (Å²) in [6, 6.07) is 0. The molecule has 0 aromatic carbocycles. The van der Waals surface area contributed by atoms with Crippen LogP contribution in [0.2, 0.25) is 0 Å². The summed E-state index contributed by atoms with van der Waals surface area (Å²) < 4.78 is 0. The summed E-state index contributed by atoms with van der Waals surface area (Å²) in [6.45, 7) is 5.42. The molecule has 22 heavy (non-hydrogen) atoms. The normalized spacial score (nSPS) is 13.3. The van der Waals surface area contributed by atoms with Crippen molar-refractivity contribution in [3.8, 4) is 0 Å². The molecule has 3 heterocycles. The van der Waals surface area contributed by atoms with Crippen LogP contribution in [0.25, 0.3) is 0 Å². The van der Waals surface area contributed by atoms with Gasteiger partial charge in [-0.25, -0.2) is 4.98 Å². The van der Waals surface area contributed by atoms with E-state index in [-0.39, 0.29) is 5.91 Å². The van der Waals surface area contributed by atoms with Gasteiger partial charge in [-0.3, -0.25) is 9.89 Å². The lowest BCUT2D eigenvalue weighted by atomic mass is 10.0. The van der Waals surface area contributed by atoms with Gasteiger partial charge in [0.25, 0.3) is 0 Å². The molecule has 1 amide bonds. The van der Waals surface area contributed by atoms with Crippen LogP contribution < -0.4 is 5.32 Å². The first-order valence-electron chi connectivity index (χ1n) is 7.52. The van der Waals surface area contributed by atoms with Gasteiger partial charge in [0.1, 0.15) is 5.82 Å². The summed E-state index contributed by atoms with van der Waals surface area (Å²) in [6.07, 6.45) is 4.83. The van der Waals surface area contributed by atoms with Crippen molar-refractivity contribution in [2.24, 2.45) is 0 Å². The SMILES string of the molecule is CNc1nc(C)c(C)c2c1CN(C(=O)CCc1cn[nH]c1)C2. The van der Waals surface area contributed by atoms with E-state index >= 15 is 0 Å². The van der Waals surface area contributed by atoms with Crippen LogP contribution in [0, 0.1) is 13.8 Å². The predicted molar refractivity (Wildman–Crippen MR) is 84.4 cm³/mol. The summed E-state index contributed by atoms with van der Waals surface area (Å²) in [5.41, 5.74) is 5.68. The first-order chi connectivity index (χ1) is 10.6. The summed E-state index contributed by atoms with van der Waals surface area (Å²) in [7, 11) is 1.88. The number of hydrogen-bond acceptors (Lipinski definition) is 4. The van der Waals surface area contributed by atoms with Crippen molar-refractivity contribution in [1.82, 2.24) is 20.1 Å². The molecule has 116 valence electrons. The number of fused-ring (bicyclic) bond motifs is 1. The van der Waals surface area contributed by atoms with E-state index in [1.54, 1.807) is 6.20 Å². The van der Waals surface area contributed by atoms with Crippen molar-refractivity contribution in [3.05, 3.63) is 40.3 Å². The average molecular weight is 299 g/mol. The van der Waals surface area contributed by atoms with Gasteiger partial charge in [0.05, 0.1) is 6.20 Å². The highest BCUT2D eigenvalue weighted by Crippen LogP contribution is 2.32. The number of H-pyrrole nitrogens is 1. The summed E-state index contributed by atoms with van der Waals surface area (Å²) in [5.74, 6) is 1.07. The van der Waals surface area contributed by atoms with Crippen LogP contribution in [-0.4, -0.2) is 33.0 Å². The minimum Gasteiger partial charge on any atom is -0.373 e. The molecule has 0 saturated heterocycles. The van der Waals surface area contributed by atoms with Gasteiger partial charge in [-0.2, -0.15) is 5.10 Å². The van der Waals surface area contributed by atoms with Crippen LogP contribution >= 0.6 is 0 Å². The molecule has 6 nitrogen and oxygen atoms in total. The first-order valence-corrected chi connectivity index (χ1v) is 7.52. The number of anilines is 1. The highest BCUT2D eigenvalue weighted by Gasteiger charge is 2.28. The number of amides is 1. The Labute approximate surface area is 129 Å². The molecule has 0 radical (unpaired) electrons. The molecule has 2 aromatic rings. The third-order valence-corrected chi connectivity index (χ3v) is 4.39. The maximum absolute atomic E-state index is 12.5. The van der Waals surface area contributed by atoms with E-state index in [1.165, 1.54) is 11.1 Å². The van der Waals surface area contributed by atoms with Crippen LogP contribution in [0.4, 0.5) is 5.82 Å². The fourth-order valence-electron chi connectivity index (χ4n) is 2.94. The van der Waals surface area contributed by atoms with Gasteiger partial charge in [0.2, 0.25) is 5.91 Å². The molecule has 2 N–H and O–H groups in total. The Morgan fingerprint density at radius 2 is 2.14 bits per heavy atom. The largest absolute Gasteiger partial charge is 0.373 e.